The first-order valence-electron chi connectivity index (χ1n) is 8.94. The van der Waals surface area contributed by atoms with Crippen molar-refractivity contribution in [2.24, 2.45) is 0 Å². The summed E-state index contributed by atoms with van der Waals surface area (Å²) in [5.41, 5.74) is 2.05. The van der Waals surface area contributed by atoms with Crippen molar-refractivity contribution in [1.82, 2.24) is 5.32 Å². The molecule has 144 valence electrons. The molecule has 0 saturated carbocycles. The monoisotopic (exact) mass is 387 g/mol. The molecule has 27 heavy (non-hydrogen) atoms. The van der Waals surface area contributed by atoms with E-state index in [2.05, 4.69) is 5.32 Å². The van der Waals surface area contributed by atoms with Gasteiger partial charge < -0.3 is 15.2 Å². The summed E-state index contributed by atoms with van der Waals surface area (Å²) in [6, 6.07) is 16.4. The van der Waals surface area contributed by atoms with Gasteiger partial charge in [-0.2, -0.15) is 11.8 Å². The van der Waals surface area contributed by atoms with Crippen molar-refractivity contribution < 1.29 is 19.4 Å². The third-order valence-corrected chi connectivity index (χ3v) is 4.92. The number of hydrogen-bond acceptors (Lipinski definition) is 4. The lowest BCUT2D eigenvalue weighted by Gasteiger charge is -2.15. The fourth-order valence-corrected chi connectivity index (χ4v) is 3.42. The molecule has 0 fully saturated rings. The molecule has 0 unspecified atom stereocenters. The summed E-state index contributed by atoms with van der Waals surface area (Å²) in [7, 11) is 0. The lowest BCUT2D eigenvalue weighted by Crippen LogP contribution is -2.42. The molecule has 0 heterocycles. The van der Waals surface area contributed by atoms with Crippen LogP contribution in [0.25, 0.3) is 0 Å². The molecule has 0 saturated heterocycles. The van der Waals surface area contributed by atoms with Gasteiger partial charge in [-0.25, -0.2) is 4.79 Å². The van der Waals surface area contributed by atoms with Crippen molar-refractivity contribution in [2.45, 2.75) is 31.6 Å². The maximum Gasteiger partial charge on any atom is 0.326 e. The number of nitrogens with one attached hydrogen (secondary N) is 1. The molecule has 5 nitrogen and oxygen atoms in total. The molecule has 6 heteroatoms. The first kappa shape index (κ1) is 20.8. The third kappa shape index (κ3) is 7.74. The Balaban J connectivity index is 1.77. The molecule has 2 aromatic rings. The number of aliphatic carboxylic acids is 1. The summed E-state index contributed by atoms with van der Waals surface area (Å²) < 4.78 is 5.38. The Kier molecular flexibility index (Phi) is 8.71. The molecule has 0 spiro atoms. The zero-order valence-corrected chi connectivity index (χ0v) is 16.2. The molecule has 2 N–H and O–H groups in total. The summed E-state index contributed by atoms with van der Waals surface area (Å²) in [5.74, 6) is 0.953. The number of carbonyl (C=O) groups is 2. The largest absolute Gasteiger partial charge is 0.494 e. The summed E-state index contributed by atoms with van der Waals surface area (Å²) in [5, 5.41) is 12.0. The lowest BCUT2D eigenvalue weighted by molar-refractivity contribution is -0.141. The molecule has 2 rings (SSSR count). The van der Waals surface area contributed by atoms with Gasteiger partial charge in [-0.1, -0.05) is 42.5 Å². The molecule has 0 aliphatic carbocycles. The normalized spacial score (nSPS) is 11.6. The van der Waals surface area contributed by atoms with E-state index in [4.69, 9.17) is 4.74 Å². The molecular weight excluding hydrogens is 362 g/mol. The van der Waals surface area contributed by atoms with Crippen LogP contribution in [0, 0.1) is 0 Å². The van der Waals surface area contributed by atoms with Crippen LogP contribution in [0.2, 0.25) is 0 Å². The van der Waals surface area contributed by atoms with Crippen LogP contribution in [0.3, 0.4) is 0 Å². The van der Waals surface area contributed by atoms with E-state index in [1.165, 1.54) is 5.56 Å². The second-order valence-corrected chi connectivity index (χ2v) is 7.13. The number of rotatable bonds is 11. The van der Waals surface area contributed by atoms with Crippen LogP contribution in [0.4, 0.5) is 0 Å². The fraction of sp³-hybridized carbons (Fsp3) is 0.333. The van der Waals surface area contributed by atoms with Crippen molar-refractivity contribution in [3.8, 4) is 5.75 Å². The van der Waals surface area contributed by atoms with Crippen LogP contribution >= 0.6 is 11.8 Å². The highest BCUT2D eigenvalue weighted by Gasteiger charge is 2.20. The van der Waals surface area contributed by atoms with E-state index in [0.29, 0.717) is 18.8 Å². The van der Waals surface area contributed by atoms with Crippen LogP contribution in [-0.2, 0) is 21.8 Å². The Morgan fingerprint density at radius 1 is 1.07 bits per heavy atom. The molecule has 0 aliphatic rings. The third-order valence-electron chi connectivity index (χ3n) is 3.89. The highest BCUT2D eigenvalue weighted by atomic mass is 32.2. The number of benzene rings is 2. The summed E-state index contributed by atoms with van der Waals surface area (Å²) >= 11 is 1.66. The fourth-order valence-electron chi connectivity index (χ4n) is 2.52. The molecule has 0 bridgehead atoms. The number of carboxylic acid groups (broad SMARTS) is 1. The van der Waals surface area contributed by atoms with E-state index < -0.39 is 12.0 Å². The first-order valence-corrected chi connectivity index (χ1v) is 10.1. The van der Waals surface area contributed by atoms with Crippen molar-refractivity contribution in [3.63, 3.8) is 0 Å². The van der Waals surface area contributed by atoms with Gasteiger partial charge in [0.1, 0.15) is 11.8 Å². The number of carbonyl (C=O) groups excluding carboxylic acids is 1. The maximum absolute atomic E-state index is 12.1. The molecular formula is C21H25NO4S. The Hall–Kier alpha value is -2.47. The summed E-state index contributed by atoms with van der Waals surface area (Å²) in [6.07, 6.45) is 0.537. The minimum atomic E-state index is -1.03. The van der Waals surface area contributed by atoms with E-state index in [1.54, 1.807) is 23.9 Å². The zero-order valence-electron chi connectivity index (χ0n) is 15.4. The Morgan fingerprint density at radius 3 is 2.41 bits per heavy atom. The highest BCUT2D eigenvalue weighted by molar-refractivity contribution is 7.98. The van der Waals surface area contributed by atoms with Gasteiger partial charge >= 0.3 is 5.97 Å². The van der Waals surface area contributed by atoms with E-state index in [1.807, 2.05) is 49.4 Å². The van der Waals surface area contributed by atoms with E-state index >= 15 is 0 Å². The van der Waals surface area contributed by atoms with Gasteiger partial charge in [0.2, 0.25) is 5.91 Å². The Labute approximate surface area is 164 Å². The zero-order chi connectivity index (χ0) is 19.5. The van der Waals surface area contributed by atoms with Gasteiger partial charge in [-0.05, 0) is 30.2 Å². The second-order valence-electron chi connectivity index (χ2n) is 6.03. The maximum atomic E-state index is 12.1. The van der Waals surface area contributed by atoms with Crippen molar-refractivity contribution in [2.75, 3.05) is 12.4 Å². The number of ether oxygens (including phenoxy) is 1. The van der Waals surface area contributed by atoms with Crippen LogP contribution in [0.15, 0.2) is 54.6 Å². The molecule has 0 aliphatic heterocycles. The van der Waals surface area contributed by atoms with Crippen molar-refractivity contribution in [1.29, 1.82) is 0 Å². The van der Waals surface area contributed by atoms with Crippen molar-refractivity contribution in [3.05, 3.63) is 65.7 Å². The van der Waals surface area contributed by atoms with Gasteiger partial charge in [0.15, 0.2) is 0 Å². The standard InChI is InChI=1S/C21H25NO4S/c1-2-26-18-10-8-16(9-11-18)14-19(21(24)25)22-20(23)12-13-27-15-17-6-4-3-5-7-17/h3-11,19H,2,12-15H2,1H3,(H,22,23)(H,24,25)/t19-/m1/s1. The molecule has 1 amide bonds. The minimum Gasteiger partial charge on any atom is -0.494 e. The highest BCUT2D eigenvalue weighted by Crippen LogP contribution is 2.14. The van der Waals surface area contributed by atoms with Crippen LogP contribution in [0.1, 0.15) is 24.5 Å². The van der Waals surface area contributed by atoms with Gasteiger partial charge in [0, 0.05) is 24.3 Å². The molecule has 0 aromatic heterocycles. The predicted octanol–water partition coefficient (Wildman–Crippen LogP) is 3.52. The van der Waals surface area contributed by atoms with Crippen LogP contribution in [-0.4, -0.2) is 35.4 Å². The SMILES string of the molecule is CCOc1ccc(C[C@@H](NC(=O)CCSCc2ccccc2)C(=O)O)cc1. The summed E-state index contributed by atoms with van der Waals surface area (Å²) in [4.78, 5) is 23.6. The molecule has 2 aromatic carbocycles. The first-order chi connectivity index (χ1) is 13.1. The van der Waals surface area contributed by atoms with Gasteiger partial charge in [-0.15, -0.1) is 0 Å². The summed E-state index contributed by atoms with van der Waals surface area (Å²) in [6.45, 7) is 2.48. The topological polar surface area (TPSA) is 75.6 Å². The average molecular weight is 388 g/mol. The van der Waals surface area contributed by atoms with Crippen LogP contribution < -0.4 is 10.1 Å². The van der Waals surface area contributed by atoms with E-state index in [-0.39, 0.29) is 12.3 Å². The minimum absolute atomic E-state index is 0.241. The Morgan fingerprint density at radius 2 is 1.78 bits per heavy atom. The average Bonchev–Trinajstić information content (AvgIpc) is 2.67. The quantitative estimate of drug-likeness (QED) is 0.577. The molecule has 1 atom stereocenters. The van der Waals surface area contributed by atoms with Gasteiger partial charge in [0.25, 0.3) is 0 Å². The van der Waals surface area contributed by atoms with E-state index in [9.17, 15) is 14.7 Å². The number of hydrogen-bond donors (Lipinski definition) is 2. The van der Waals surface area contributed by atoms with Gasteiger partial charge in [0.05, 0.1) is 6.61 Å². The number of amides is 1. The number of carboxylic acids is 1. The second kappa shape index (κ2) is 11.3. The molecule has 0 radical (unpaired) electrons. The predicted molar refractivity (Wildman–Crippen MR) is 108 cm³/mol. The van der Waals surface area contributed by atoms with E-state index in [0.717, 1.165) is 17.1 Å². The van der Waals surface area contributed by atoms with Crippen molar-refractivity contribution >= 4 is 23.6 Å². The Bertz CT molecular complexity index is 719. The smallest absolute Gasteiger partial charge is 0.326 e. The van der Waals surface area contributed by atoms with Crippen LogP contribution in [0.5, 0.6) is 5.75 Å². The number of thioether (sulfide) groups is 1. The lowest BCUT2D eigenvalue weighted by atomic mass is 10.1. The van der Waals surface area contributed by atoms with Gasteiger partial charge in [-0.3, -0.25) is 4.79 Å².